The van der Waals surface area contributed by atoms with Crippen LogP contribution in [-0.2, 0) is 0 Å². The predicted molar refractivity (Wildman–Crippen MR) is 65.5 cm³/mol. The minimum atomic E-state index is 1.17. The van der Waals surface area contributed by atoms with E-state index in [0.717, 1.165) is 0 Å². The fraction of sp³-hybridized carbons (Fsp3) is 0.833. The third-order valence-electron chi connectivity index (χ3n) is 2.15. The van der Waals surface area contributed by atoms with Gasteiger partial charge in [0.15, 0.2) is 0 Å². The topological polar surface area (TPSA) is 0 Å². The van der Waals surface area contributed by atoms with Gasteiger partial charge in [-0.05, 0) is 25.7 Å². The van der Waals surface area contributed by atoms with Gasteiger partial charge < -0.3 is 0 Å². The summed E-state index contributed by atoms with van der Waals surface area (Å²) in [5.41, 5.74) is 0. The molecule has 0 aromatic heterocycles. The molecule has 0 aliphatic heterocycles. The number of allylic oxidation sites excluding steroid dienone is 2. The predicted octanol–water partition coefficient (Wildman–Crippen LogP) is 5.08. The summed E-state index contributed by atoms with van der Waals surface area (Å²) in [6.45, 7) is 2.24. The molecule has 0 aliphatic carbocycles. The Balaban J connectivity index is 2.93. The number of rotatable bonds is 9. The fourth-order valence-corrected chi connectivity index (χ4v) is 1.66. The van der Waals surface area contributed by atoms with Crippen LogP contribution in [0.2, 0.25) is 0 Å². The van der Waals surface area contributed by atoms with Crippen LogP contribution in [0, 0.1) is 0 Å². The molecule has 0 spiro atoms. The SMILES string of the molecule is CCCC/C=C/CCCCCCBr. The minimum Gasteiger partial charge on any atom is -0.0928 e. The van der Waals surface area contributed by atoms with E-state index < -0.39 is 0 Å². The van der Waals surface area contributed by atoms with Crippen molar-refractivity contribution in [1.82, 2.24) is 0 Å². The Labute approximate surface area is 91.9 Å². The summed E-state index contributed by atoms with van der Waals surface area (Å²) < 4.78 is 0. The Morgan fingerprint density at radius 2 is 1.46 bits per heavy atom. The molecule has 78 valence electrons. The molecule has 0 saturated heterocycles. The van der Waals surface area contributed by atoms with E-state index in [-0.39, 0.29) is 0 Å². The monoisotopic (exact) mass is 246 g/mol. The normalized spacial score (nSPS) is 11.2. The quantitative estimate of drug-likeness (QED) is 0.303. The molecular formula is C12H23Br. The highest BCUT2D eigenvalue weighted by Gasteiger charge is 1.86. The Hall–Kier alpha value is 0.220. The van der Waals surface area contributed by atoms with Crippen LogP contribution in [0.4, 0.5) is 0 Å². The maximum atomic E-state index is 3.45. The zero-order valence-electron chi connectivity index (χ0n) is 8.90. The second kappa shape index (κ2) is 12.2. The average molecular weight is 247 g/mol. The number of unbranched alkanes of at least 4 members (excludes halogenated alkanes) is 6. The molecular weight excluding hydrogens is 224 g/mol. The van der Waals surface area contributed by atoms with E-state index in [1.807, 2.05) is 0 Å². The Kier molecular flexibility index (Phi) is 12.4. The first kappa shape index (κ1) is 13.2. The summed E-state index contributed by atoms with van der Waals surface area (Å²) in [4.78, 5) is 0. The molecule has 0 N–H and O–H groups in total. The molecule has 0 radical (unpaired) electrons. The van der Waals surface area contributed by atoms with Gasteiger partial charge in [0.25, 0.3) is 0 Å². The molecule has 0 unspecified atom stereocenters. The smallest absolute Gasteiger partial charge is 0.00313 e. The van der Waals surface area contributed by atoms with Gasteiger partial charge in [-0.2, -0.15) is 0 Å². The van der Waals surface area contributed by atoms with Crippen molar-refractivity contribution in [3.8, 4) is 0 Å². The van der Waals surface area contributed by atoms with Crippen LogP contribution in [0.5, 0.6) is 0 Å². The van der Waals surface area contributed by atoms with Crippen molar-refractivity contribution in [3.63, 3.8) is 0 Å². The Morgan fingerprint density at radius 1 is 0.846 bits per heavy atom. The van der Waals surface area contributed by atoms with Crippen molar-refractivity contribution in [1.29, 1.82) is 0 Å². The van der Waals surface area contributed by atoms with Gasteiger partial charge in [-0.25, -0.2) is 0 Å². The van der Waals surface area contributed by atoms with Crippen LogP contribution >= 0.6 is 15.9 Å². The molecule has 0 rings (SSSR count). The van der Waals surface area contributed by atoms with E-state index in [9.17, 15) is 0 Å². The molecule has 0 fully saturated rings. The molecule has 13 heavy (non-hydrogen) atoms. The Bertz CT molecular complexity index is 108. The van der Waals surface area contributed by atoms with Crippen molar-refractivity contribution in [3.05, 3.63) is 12.2 Å². The van der Waals surface area contributed by atoms with E-state index in [4.69, 9.17) is 0 Å². The highest BCUT2D eigenvalue weighted by molar-refractivity contribution is 9.09. The standard InChI is InChI=1S/C12H23Br/c1-2-3-4-5-6-7-8-9-10-11-12-13/h5-6H,2-4,7-12H2,1H3/b6-5+. The molecule has 0 aliphatic rings. The Morgan fingerprint density at radius 3 is 2.08 bits per heavy atom. The third kappa shape index (κ3) is 12.2. The maximum Gasteiger partial charge on any atom is 0.00313 e. The first-order chi connectivity index (χ1) is 6.41. The summed E-state index contributed by atoms with van der Waals surface area (Å²) >= 11 is 3.45. The van der Waals surface area contributed by atoms with Crippen molar-refractivity contribution in [2.45, 2.75) is 58.3 Å². The molecule has 0 aromatic carbocycles. The minimum absolute atomic E-state index is 1.17. The first-order valence-corrected chi connectivity index (χ1v) is 6.75. The van der Waals surface area contributed by atoms with Crippen molar-refractivity contribution < 1.29 is 0 Å². The van der Waals surface area contributed by atoms with Crippen LogP contribution in [-0.4, -0.2) is 5.33 Å². The van der Waals surface area contributed by atoms with Gasteiger partial charge in [0.05, 0.1) is 0 Å². The fourth-order valence-electron chi connectivity index (χ4n) is 1.27. The molecule has 0 heterocycles. The van der Waals surface area contributed by atoms with Crippen molar-refractivity contribution in [2.75, 3.05) is 5.33 Å². The molecule has 0 nitrogen and oxygen atoms in total. The number of halogens is 1. The van der Waals surface area contributed by atoms with Gasteiger partial charge in [-0.15, -0.1) is 0 Å². The number of hydrogen-bond acceptors (Lipinski definition) is 0. The molecule has 0 saturated carbocycles. The summed E-state index contributed by atoms with van der Waals surface area (Å²) in [7, 11) is 0. The van der Waals surface area contributed by atoms with E-state index in [1.54, 1.807) is 0 Å². The molecule has 0 aromatic rings. The number of alkyl halides is 1. The van der Waals surface area contributed by atoms with Gasteiger partial charge in [0.1, 0.15) is 0 Å². The zero-order valence-corrected chi connectivity index (χ0v) is 10.5. The second-order valence-electron chi connectivity index (χ2n) is 3.51. The first-order valence-electron chi connectivity index (χ1n) is 5.62. The van der Waals surface area contributed by atoms with Crippen LogP contribution in [0.1, 0.15) is 58.3 Å². The highest BCUT2D eigenvalue weighted by Crippen LogP contribution is 2.05. The van der Waals surface area contributed by atoms with Crippen molar-refractivity contribution in [2.24, 2.45) is 0 Å². The highest BCUT2D eigenvalue weighted by atomic mass is 79.9. The van der Waals surface area contributed by atoms with Gasteiger partial charge in [0, 0.05) is 5.33 Å². The molecule has 0 bridgehead atoms. The number of hydrogen-bond donors (Lipinski definition) is 0. The van der Waals surface area contributed by atoms with Gasteiger partial charge in [-0.1, -0.05) is 60.7 Å². The average Bonchev–Trinajstić information content (AvgIpc) is 2.16. The van der Waals surface area contributed by atoms with E-state index in [0.29, 0.717) is 0 Å². The van der Waals surface area contributed by atoms with Crippen LogP contribution in [0.3, 0.4) is 0 Å². The summed E-state index contributed by atoms with van der Waals surface area (Å²) in [6, 6.07) is 0. The largest absolute Gasteiger partial charge is 0.0928 e. The lowest BCUT2D eigenvalue weighted by Crippen LogP contribution is -1.77. The maximum absolute atomic E-state index is 3.45. The van der Waals surface area contributed by atoms with Crippen molar-refractivity contribution >= 4 is 15.9 Å². The lowest BCUT2D eigenvalue weighted by molar-refractivity contribution is 0.678. The lowest BCUT2D eigenvalue weighted by Gasteiger charge is -1.95. The van der Waals surface area contributed by atoms with E-state index >= 15 is 0 Å². The van der Waals surface area contributed by atoms with Crippen LogP contribution in [0.25, 0.3) is 0 Å². The van der Waals surface area contributed by atoms with E-state index in [2.05, 4.69) is 35.0 Å². The van der Waals surface area contributed by atoms with E-state index in [1.165, 1.54) is 56.7 Å². The van der Waals surface area contributed by atoms with Crippen LogP contribution < -0.4 is 0 Å². The molecule has 1 heteroatoms. The second-order valence-corrected chi connectivity index (χ2v) is 4.30. The summed E-state index contributed by atoms with van der Waals surface area (Å²) in [5.74, 6) is 0. The van der Waals surface area contributed by atoms with Gasteiger partial charge in [-0.3, -0.25) is 0 Å². The van der Waals surface area contributed by atoms with Gasteiger partial charge in [0.2, 0.25) is 0 Å². The van der Waals surface area contributed by atoms with Gasteiger partial charge >= 0.3 is 0 Å². The summed E-state index contributed by atoms with van der Waals surface area (Å²) in [6.07, 6.45) is 15.4. The van der Waals surface area contributed by atoms with Crippen LogP contribution in [0.15, 0.2) is 12.2 Å². The molecule has 0 amide bonds. The molecule has 0 atom stereocenters. The third-order valence-corrected chi connectivity index (χ3v) is 2.71. The zero-order chi connectivity index (χ0) is 9.78. The lowest BCUT2D eigenvalue weighted by atomic mass is 10.1. The summed E-state index contributed by atoms with van der Waals surface area (Å²) in [5, 5.41) is 1.17.